The summed E-state index contributed by atoms with van der Waals surface area (Å²) in [6.45, 7) is -0.612. The number of ether oxygens (including phenoxy) is 1. The molecule has 3 amide bonds. The van der Waals surface area contributed by atoms with Crippen LogP contribution in [0.4, 0.5) is 5.69 Å². The Hall–Kier alpha value is -4.34. The minimum atomic E-state index is -0.867. The number of carbonyl (C=O) groups is 4. The Bertz CT molecular complexity index is 1200. The number of methoxy groups -OCH3 is 1. The number of fused-ring (bicyclic) bond motifs is 1. The van der Waals surface area contributed by atoms with E-state index in [1.165, 1.54) is 37.4 Å². The average molecular weight is 463 g/mol. The van der Waals surface area contributed by atoms with E-state index in [2.05, 4.69) is 0 Å². The SMILES string of the molecule is COc1cccc(C(=O)CN(C(=O)c2cccc([N+](=O)[O-])c2)N2C(=O)[C@H]3CC=CC[C@H]3C2=O)c1. The first kappa shape index (κ1) is 22.8. The molecule has 0 aromatic heterocycles. The lowest BCUT2D eigenvalue weighted by Crippen LogP contribution is -2.52. The van der Waals surface area contributed by atoms with Gasteiger partial charge in [0.1, 0.15) is 12.3 Å². The summed E-state index contributed by atoms with van der Waals surface area (Å²) in [5, 5.41) is 12.7. The number of benzene rings is 2. The summed E-state index contributed by atoms with van der Waals surface area (Å²) in [6, 6.07) is 11.2. The van der Waals surface area contributed by atoms with Crippen LogP contribution in [0.5, 0.6) is 5.75 Å². The number of nitro groups is 1. The van der Waals surface area contributed by atoms with Crippen molar-refractivity contribution in [2.75, 3.05) is 13.7 Å². The number of Topliss-reactive ketones (excluding diaryl/α,β-unsaturated/α-hetero) is 1. The summed E-state index contributed by atoms with van der Waals surface area (Å²) < 4.78 is 5.14. The molecule has 1 fully saturated rings. The van der Waals surface area contributed by atoms with Crippen molar-refractivity contribution >= 4 is 29.2 Å². The lowest BCUT2D eigenvalue weighted by atomic mass is 9.85. The lowest BCUT2D eigenvalue weighted by Gasteiger charge is -2.30. The minimum absolute atomic E-state index is 0.124. The average Bonchev–Trinajstić information content (AvgIpc) is 3.12. The van der Waals surface area contributed by atoms with Crippen LogP contribution in [0.3, 0.4) is 0 Å². The topological polar surface area (TPSA) is 127 Å². The zero-order valence-corrected chi connectivity index (χ0v) is 18.2. The van der Waals surface area contributed by atoms with E-state index in [0.717, 1.165) is 16.1 Å². The molecule has 0 spiro atoms. The normalized spacial score (nSPS) is 19.0. The molecule has 2 aromatic rings. The van der Waals surface area contributed by atoms with Crippen LogP contribution in [0.15, 0.2) is 60.7 Å². The van der Waals surface area contributed by atoms with Gasteiger partial charge in [0.2, 0.25) is 0 Å². The van der Waals surface area contributed by atoms with Gasteiger partial charge in [0.15, 0.2) is 5.78 Å². The number of rotatable bonds is 7. The van der Waals surface area contributed by atoms with Crippen molar-refractivity contribution in [2.24, 2.45) is 11.8 Å². The predicted molar refractivity (Wildman–Crippen MR) is 119 cm³/mol. The molecule has 0 bridgehead atoms. The van der Waals surface area contributed by atoms with Crippen molar-refractivity contribution in [2.45, 2.75) is 12.8 Å². The fraction of sp³-hybridized carbons (Fsp3) is 0.250. The van der Waals surface area contributed by atoms with E-state index in [9.17, 15) is 29.3 Å². The third-order valence-corrected chi connectivity index (χ3v) is 5.95. The highest BCUT2D eigenvalue weighted by Crippen LogP contribution is 2.36. The van der Waals surface area contributed by atoms with Gasteiger partial charge in [0.25, 0.3) is 23.4 Å². The van der Waals surface area contributed by atoms with Crippen LogP contribution < -0.4 is 4.74 Å². The van der Waals surface area contributed by atoms with Crippen LogP contribution in [0.2, 0.25) is 0 Å². The van der Waals surface area contributed by atoms with E-state index in [1.807, 2.05) is 12.2 Å². The standard InChI is InChI=1S/C24H21N3O7/c1-34-18-9-5-6-15(13-18)21(28)14-25(22(29)16-7-4-8-17(12-16)27(32)33)26-23(30)19-10-2-3-11-20(19)24(26)31/h2-9,12-13,19-20H,10-11,14H2,1H3/t19-,20+. The highest BCUT2D eigenvalue weighted by atomic mass is 16.6. The van der Waals surface area contributed by atoms with E-state index in [-0.39, 0.29) is 16.8 Å². The van der Waals surface area contributed by atoms with Gasteiger partial charge < -0.3 is 4.74 Å². The first-order valence-corrected chi connectivity index (χ1v) is 10.6. The second kappa shape index (κ2) is 9.26. The molecule has 0 N–H and O–H groups in total. The van der Waals surface area contributed by atoms with Crippen molar-refractivity contribution in [3.63, 3.8) is 0 Å². The molecule has 174 valence electrons. The van der Waals surface area contributed by atoms with E-state index < -0.39 is 46.8 Å². The maximum atomic E-state index is 13.5. The number of amides is 3. The van der Waals surface area contributed by atoms with E-state index in [4.69, 9.17) is 4.74 Å². The van der Waals surface area contributed by atoms with Crippen LogP contribution in [0.25, 0.3) is 0 Å². The largest absolute Gasteiger partial charge is 0.497 e. The molecule has 2 aliphatic rings. The predicted octanol–water partition coefficient (Wildman–Crippen LogP) is 2.79. The maximum Gasteiger partial charge on any atom is 0.273 e. The highest BCUT2D eigenvalue weighted by molar-refractivity contribution is 6.09. The number of imide groups is 1. The number of carbonyl (C=O) groups excluding carboxylic acids is 4. The quantitative estimate of drug-likeness (QED) is 0.203. The second-order valence-corrected chi connectivity index (χ2v) is 7.97. The van der Waals surface area contributed by atoms with Crippen LogP contribution in [-0.2, 0) is 9.59 Å². The summed E-state index contributed by atoms with van der Waals surface area (Å²) in [6.07, 6.45) is 4.33. The van der Waals surface area contributed by atoms with Gasteiger partial charge in [-0.3, -0.25) is 29.3 Å². The number of hydrazine groups is 1. The van der Waals surface area contributed by atoms with Gasteiger partial charge in [-0.2, -0.15) is 5.01 Å². The molecule has 1 heterocycles. The molecule has 1 aliphatic heterocycles. The van der Waals surface area contributed by atoms with Crippen LogP contribution in [-0.4, -0.2) is 52.1 Å². The number of hydrogen-bond acceptors (Lipinski definition) is 7. The van der Waals surface area contributed by atoms with Crippen molar-refractivity contribution in [3.8, 4) is 5.75 Å². The third kappa shape index (κ3) is 4.17. The van der Waals surface area contributed by atoms with Crippen LogP contribution >= 0.6 is 0 Å². The molecule has 4 rings (SSSR count). The molecule has 34 heavy (non-hydrogen) atoms. The van der Waals surface area contributed by atoms with Gasteiger partial charge in [-0.25, -0.2) is 5.01 Å². The molecule has 0 radical (unpaired) electrons. The Labute approximate surface area is 194 Å². The van der Waals surface area contributed by atoms with Crippen molar-refractivity contribution < 1.29 is 28.8 Å². The van der Waals surface area contributed by atoms with Gasteiger partial charge >= 0.3 is 0 Å². The summed E-state index contributed by atoms with van der Waals surface area (Å²) in [5.41, 5.74) is -0.238. The number of allylic oxidation sites excluding steroid dienone is 2. The number of nitrogens with zero attached hydrogens (tertiary/aromatic N) is 3. The molecular formula is C24H21N3O7. The molecule has 0 unspecified atom stereocenters. The van der Waals surface area contributed by atoms with Crippen molar-refractivity contribution in [3.05, 3.63) is 81.9 Å². The Morgan fingerprint density at radius 3 is 2.26 bits per heavy atom. The Kier molecular flexibility index (Phi) is 6.22. The fourth-order valence-electron chi connectivity index (χ4n) is 4.18. The molecule has 10 heteroatoms. The number of non-ortho nitro benzene ring substituents is 1. The number of nitro benzene ring substituents is 1. The van der Waals surface area contributed by atoms with Crippen molar-refractivity contribution in [1.82, 2.24) is 10.0 Å². The summed E-state index contributed by atoms with van der Waals surface area (Å²) >= 11 is 0. The van der Waals surface area contributed by atoms with Gasteiger partial charge in [-0.1, -0.05) is 30.4 Å². The third-order valence-electron chi connectivity index (χ3n) is 5.95. The second-order valence-electron chi connectivity index (χ2n) is 7.97. The Morgan fingerprint density at radius 2 is 1.65 bits per heavy atom. The zero-order valence-electron chi connectivity index (χ0n) is 18.2. The van der Waals surface area contributed by atoms with Gasteiger partial charge in [0, 0.05) is 23.3 Å². The fourth-order valence-corrected chi connectivity index (χ4v) is 4.18. The van der Waals surface area contributed by atoms with E-state index in [0.29, 0.717) is 18.6 Å². The monoisotopic (exact) mass is 463 g/mol. The summed E-state index contributed by atoms with van der Waals surface area (Å²) in [7, 11) is 1.44. The first-order chi connectivity index (χ1) is 16.3. The zero-order chi connectivity index (χ0) is 24.4. The molecule has 1 aliphatic carbocycles. The lowest BCUT2D eigenvalue weighted by molar-refractivity contribution is -0.384. The van der Waals surface area contributed by atoms with E-state index in [1.54, 1.807) is 12.1 Å². The highest BCUT2D eigenvalue weighted by Gasteiger charge is 2.51. The van der Waals surface area contributed by atoms with Gasteiger partial charge in [0.05, 0.1) is 23.9 Å². The molecule has 1 saturated heterocycles. The van der Waals surface area contributed by atoms with Gasteiger partial charge in [-0.15, -0.1) is 0 Å². The summed E-state index contributed by atoms with van der Waals surface area (Å²) in [5.74, 6) is -3.37. The Balaban J connectivity index is 1.72. The van der Waals surface area contributed by atoms with Crippen LogP contribution in [0, 0.1) is 22.0 Å². The number of hydrogen-bond donors (Lipinski definition) is 0. The van der Waals surface area contributed by atoms with E-state index >= 15 is 0 Å². The first-order valence-electron chi connectivity index (χ1n) is 10.6. The van der Waals surface area contributed by atoms with Crippen molar-refractivity contribution in [1.29, 1.82) is 0 Å². The molecule has 2 atom stereocenters. The smallest absolute Gasteiger partial charge is 0.273 e. The Morgan fingerprint density at radius 1 is 1.03 bits per heavy atom. The molecule has 10 nitrogen and oxygen atoms in total. The number of ketones is 1. The molecular weight excluding hydrogens is 442 g/mol. The minimum Gasteiger partial charge on any atom is -0.497 e. The van der Waals surface area contributed by atoms with Gasteiger partial charge in [-0.05, 0) is 31.0 Å². The molecule has 0 saturated carbocycles. The summed E-state index contributed by atoms with van der Waals surface area (Å²) in [4.78, 5) is 63.4. The molecule has 2 aromatic carbocycles. The maximum absolute atomic E-state index is 13.5. The van der Waals surface area contributed by atoms with Crippen LogP contribution in [0.1, 0.15) is 33.6 Å².